The van der Waals surface area contributed by atoms with Crippen molar-refractivity contribution in [3.05, 3.63) is 34.9 Å². The van der Waals surface area contributed by atoms with Gasteiger partial charge in [0.05, 0.1) is 0 Å². The standard InChI is InChI=1S/C13H15F3N2O/c1-7-5-11(19)8(2)4-9(7)10(17)6-12(18-3)13(14,15)16/h4-6,19H,17H2,1-3H3. The number of rotatable bonds is 2. The van der Waals surface area contributed by atoms with Gasteiger partial charge in [-0.25, -0.2) is 0 Å². The maximum Gasteiger partial charge on any atom is 0.432 e. The maximum absolute atomic E-state index is 12.6. The lowest BCUT2D eigenvalue weighted by molar-refractivity contribution is -0.0577. The third-order valence-corrected chi connectivity index (χ3v) is 2.68. The molecule has 0 saturated carbocycles. The Labute approximate surface area is 109 Å². The first-order valence-electron chi connectivity index (χ1n) is 5.48. The van der Waals surface area contributed by atoms with Crippen LogP contribution in [0.4, 0.5) is 13.2 Å². The van der Waals surface area contributed by atoms with Crippen molar-refractivity contribution < 1.29 is 18.3 Å². The molecule has 1 aromatic rings. The summed E-state index contributed by atoms with van der Waals surface area (Å²) in [5.41, 5.74) is 6.18. The number of nitrogens with zero attached hydrogens (tertiary/aromatic N) is 1. The molecule has 0 spiro atoms. The van der Waals surface area contributed by atoms with Crippen LogP contribution in [0.25, 0.3) is 5.70 Å². The van der Waals surface area contributed by atoms with Crippen LogP contribution in [0.2, 0.25) is 0 Å². The third-order valence-electron chi connectivity index (χ3n) is 2.68. The van der Waals surface area contributed by atoms with E-state index in [1.165, 1.54) is 6.07 Å². The lowest BCUT2D eigenvalue weighted by atomic mass is 10.0. The molecule has 19 heavy (non-hydrogen) atoms. The largest absolute Gasteiger partial charge is 0.508 e. The zero-order valence-corrected chi connectivity index (χ0v) is 10.8. The van der Waals surface area contributed by atoms with Crippen molar-refractivity contribution in [1.82, 2.24) is 0 Å². The number of phenols is 1. The molecular weight excluding hydrogens is 257 g/mol. The summed E-state index contributed by atoms with van der Waals surface area (Å²) in [5, 5.41) is 9.50. The summed E-state index contributed by atoms with van der Waals surface area (Å²) < 4.78 is 37.7. The van der Waals surface area contributed by atoms with E-state index in [1.807, 2.05) is 0 Å². The number of hydrogen-bond acceptors (Lipinski definition) is 3. The van der Waals surface area contributed by atoms with Gasteiger partial charge in [0, 0.05) is 18.3 Å². The van der Waals surface area contributed by atoms with Gasteiger partial charge in [-0.1, -0.05) is 0 Å². The Morgan fingerprint density at radius 1 is 1.26 bits per heavy atom. The van der Waals surface area contributed by atoms with Crippen LogP contribution in [-0.2, 0) is 0 Å². The minimum atomic E-state index is -4.54. The Morgan fingerprint density at radius 2 is 1.84 bits per heavy atom. The summed E-state index contributed by atoms with van der Waals surface area (Å²) in [6.07, 6.45) is -3.75. The van der Waals surface area contributed by atoms with E-state index >= 15 is 0 Å². The van der Waals surface area contributed by atoms with Crippen LogP contribution in [0.5, 0.6) is 5.75 Å². The molecular formula is C13H15F3N2O. The maximum atomic E-state index is 12.6. The number of benzene rings is 1. The molecule has 0 radical (unpaired) electrons. The first kappa shape index (κ1) is 15.1. The Hall–Kier alpha value is -1.98. The fraction of sp³-hybridized carbons (Fsp3) is 0.308. The van der Waals surface area contributed by atoms with Crippen molar-refractivity contribution in [3.8, 4) is 5.75 Å². The fourth-order valence-corrected chi connectivity index (χ4v) is 1.61. The lowest BCUT2D eigenvalue weighted by Gasteiger charge is -2.11. The first-order valence-corrected chi connectivity index (χ1v) is 5.48. The average molecular weight is 272 g/mol. The van der Waals surface area contributed by atoms with Crippen LogP contribution in [0.15, 0.2) is 23.2 Å². The molecule has 6 heteroatoms. The van der Waals surface area contributed by atoms with Gasteiger partial charge in [0.2, 0.25) is 0 Å². The Bertz CT molecular complexity index is 546. The SMILES string of the molecule is CN=C(C=C(N)c1cc(C)c(O)cc1C)C(F)(F)F. The average Bonchev–Trinajstić information content (AvgIpc) is 2.28. The molecule has 0 aliphatic carbocycles. The van der Waals surface area contributed by atoms with Crippen LogP contribution in [0.3, 0.4) is 0 Å². The van der Waals surface area contributed by atoms with Gasteiger partial charge >= 0.3 is 6.18 Å². The lowest BCUT2D eigenvalue weighted by Crippen LogP contribution is -2.22. The molecule has 0 aromatic heterocycles. The van der Waals surface area contributed by atoms with Gasteiger partial charge in [-0.2, -0.15) is 13.2 Å². The molecule has 0 aliphatic rings. The zero-order valence-electron chi connectivity index (χ0n) is 10.8. The number of phenolic OH excluding ortho intramolecular Hbond substituents is 1. The van der Waals surface area contributed by atoms with E-state index in [2.05, 4.69) is 4.99 Å². The van der Waals surface area contributed by atoms with Crippen LogP contribution in [0, 0.1) is 13.8 Å². The molecule has 1 aromatic carbocycles. The highest BCUT2D eigenvalue weighted by Gasteiger charge is 2.33. The van der Waals surface area contributed by atoms with E-state index in [1.54, 1.807) is 19.9 Å². The molecule has 0 aliphatic heterocycles. The minimum Gasteiger partial charge on any atom is -0.508 e. The molecule has 0 amide bonds. The van der Waals surface area contributed by atoms with E-state index in [0.717, 1.165) is 13.1 Å². The number of hydrogen-bond donors (Lipinski definition) is 2. The Balaban J connectivity index is 3.28. The highest BCUT2D eigenvalue weighted by Crippen LogP contribution is 2.26. The van der Waals surface area contributed by atoms with Gasteiger partial charge in [0.25, 0.3) is 0 Å². The summed E-state index contributed by atoms with van der Waals surface area (Å²) in [5.74, 6) is 0.0780. The van der Waals surface area contributed by atoms with Crippen molar-refractivity contribution in [2.45, 2.75) is 20.0 Å². The van der Waals surface area contributed by atoms with Crippen LogP contribution >= 0.6 is 0 Å². The van der Waals surface area contributed by atoms with Gasteiger partial charge in [-0.05, 0) is 43.2 Å². The fourth-order valence-electron chi connectivity index (χ4n) is 1.61. The van der Waals surface area contributed by atoms with Crippen molar-refractivity contribution in [3.63, 3.8) is 0 Å². The minimum absolute atomic E-state index is 0.0430. The summed E-state index contributed by atoms with van der Waals surface area (Å²) in [6, 6.07) is 3.00. The monoisotopic (exact) mass is 272 g/mol. The summed E-state index contributed by atoms with van der Waals surface area (Å²) in [4.78, 5) is 3.18. The third kappa shape index (κ3) is 3.49. The van der Waals surface area contributed by atoms with E-state index < -0.39 is 11.9 Å². The van der Waals surface area contributed by atoms with Crippen LogP contribution in [-0.4, -0.2) is 24.0 Å². The molecule has 3 nitrogen and oxygen atoms in total. The molecule has 1 rings (SSSR count). The van der Waals surface area contributed by atoms with Crippen molar-refractivity contribution in [1.29, 1.82) is 0 Å². The molecule has 104 valence electrons. The number of alkyl halides is 3. The molecule has 0 saturated heterocycles. The number of aryl methyl sites for hydroxylation is 2. The number of halogens is 3. The molecule has 0 bridgehead atoms. The van der Waals surface area contributed by atoms with Gasteiger partial charge in [-0.3, -0.25) is 4.99 Å². The van der Waals surface area contributed by atoms with Gasteiger partial charge in [0.15, 0.2) is 0 Å². The molecule has 0 heterocycles. The number of nitrogens with two attached hydrogens (primary N) is 1. The molecule has 0 fully saturated rings. The Morgan fingerprint density at radius 3 is 2.32 bits per heavy atom. The zero-order chi connectivity index (χ0) is 14.8. The van der Waals surface area contributed by atoms with E-state index in [-0.39, 0.29) is 11.4 Å². The van der Waals surface area contributed by atoms with Gasteiger partial charge < -0.3 is 10.8 Å². The number of aromatic hydroxyl groups is 1. The van der Waals surface area contributed by atoms with Crippen LogP contribution in [0.1, 0.15) is 16.7 Å². The quantitative estimate of drug-likeness (QED) is 0.813. The van der Waals surface area contributed by atoms with E-state index in [9.17, 15) is 18.3 Å². The smallest absolute Gasteiger partial charge is 0.432 e. The highest BCUT2D eigenvalue weighted by atomic mass is 19.4. The summed E-state index contributed by atoms with van der Waals surface area (Å²) in [6.45, 7) is 3.30. The second kappa shape index (κ2) is 5.34. The van der Waals surface area contributed by atoms with Crippen molar-refractivity contribution in [2.24, 2.45) is 10.7 Å². The van der Waals surface area contributed by atoms with Gasteiger partial charge in [-0.15, -0.1) is 0 Å². The normalized spacial score (nSPS) is 13.8. The number of aliphatic imine (C=N–C) groups is 1. The summed E-state index contributed by atoms with van der Waals surface area (Å²) in [7, 11) is 1.06. The second-order valence-electron chi connectivity index (χ2n) is 4.16. The van der Waals surface area contributed by atoms with Crippen molar-refractivity contribution >= 4 is 11.4 Å². The first-order chi connectivity index (χ1) is 8.66. The summed E-state index contributed by atoms with van der Waals surface area (Å²) >= 11 is 0. The topological polar surface area (TPSA) is 58.6 Å². The molecule has 0 atom stereocenters. The second-order valence-corrected chi connectivity index (χ2v) is 4.16. The van der Waals surface area contributed by atoms with Crippen LogP contribution < -0.4 is 5.73 Å². The predicted octanol–water partition coefficient (Wildman–Crippen LogP) is 2.94. The predicted molar refractivity (Wildman–Crippen MR) is 69.2 cm³/mol. The van der Waals surface area contributed by atoms with E-state index in [4.69, 9.17) is 5.73 Å². The highest BCUT2D eigenvalue weighted by molar-refractivity contribution is 6.04. The number of allylic oxidation sites excluding steroid dienone is 1. The van der Waals surface area contributed by atoms with Crippen molar-refractivity contribution in [2.75, 3.05) is 7.05 Å². The molecule has 0 unspecified atom stereocenters. The van der Waals surface area contributed by atoms with E-state index in [0.29, 0.717) is 16.7 Å². The Kier molecular flexibility index (Phi) is 4.24. The molecule has 3 N–H and O–H groups in total. The van der Waals surface area contributed by atoms with Gasteiger partial charge in [0.1, 0.15) is 11.5 Å².